The molecule has 1 aromatic rings. The monoisotopic (exact) mass is 549 g/mol. The summed E-state index contributed by atoms with van der Waals surface area (Å²) >= 11 is 0. The number of benzene rings is 1. The molecule has 1 amide bonds. The van der Waals surface area contributed by atoms with E-state index in [0.29, 0.717) is 18.7 Å². The number of hydrogen-bond donors (Lipinski definition) is 0. The fourth-order valence-corrected chi connectivity index (χ4v) is 5.14. The van der Waals surface area contributed by atoms with E-state index in [0.717, 1.165) is 11.0 Å². The Morgan fingerprint density at radius 1 is 0.973 bits per heavy atom. The number of alkyl halides is 9. The number of likely N-dealkylation sites (tertiary alicyclic amines) is 2. The van der Waals surface area contributed by atoms with Gasteiger partial charge in [0.05, 0.1) is 24.5 Å². The van der Waals surface area contributed by atoms with Gasteiger partial charge in [-0.1, -0.05) is 12.1 Å². The molecule has 15 heteroatoms. The van der Waals surface area contributed by atoms with Crippen LogP contribution < -0.4 is 4.90 Å². The number of ether oxygens (including phenoxy) is 2. The highest BCUT2D eigenvalue weighted by atomic mass is 19.4. The van der Waals surface area contributed by atoms with Crippen LogP contribution in [-0.2, 0) is 22.2 Å². The second-order valence-corrected chi connectivity index (χ2v) is 9.34. The van der Waals surface area contributed by atoms with Gasteiger partial charge in [0.15, 0.2) is 0 Å². The van der Waals surface area contributed by atoms with Crippen molar-refractivity contribution in [2.75, 3.05) is 57.4 Å². The number of fused-ring (bicyclic) bond motifs is 1. The number of nitrogens with zero attached hydrogens (tertiary/aromatic N) is 3. The van der Waals surface area contributed by atoms with Gasteiger partial charge in [-0.05, 0) is 23.5 Å². The number of carbonyl (C=O) groups is 1. The van der Waals surface area contributed by atoms with Crippen molar-refractivity contribution in [3.05, 3.63) is 29.3 Å². The highest BCUT2D eigenvalue weighted by Gasteiger charge is 2.67. The molecule has 6 nitrogen and oxygen atoms in total. The van der Waals surface area contributed by atoms with E-state index in [1.165, 1.54) is 6.07 Å². The molecule has 3 heterocycles. The molecule has 0 N–H and O–H groups in total. The molecule has 0 radical (unpaired) electrons. The fraction of sp³-hybridized carbons (Fsp3) is 0.682. The van der Waals surface area contributed by atoms with Crippen LogP contribution in [0, 0.1) is 11.8 Å². The van der Waals surface area contributed by atoms with Crippen molar-refractivity contribution in [3.8, 4) is 0 Å². The summed E-state index contributed by atoms with van der Waals surface area (Å²) in [6, 6.07) is 3.94. The zero-order valence-electron chi connectivity index (χ0n) is 19.3. The third-order valence-electron chi connectivity index (χ3n) is 6.87. The number of para-hydroxylation sites is 1. The standard InChI is InChI=1S/C22H24F9N3O3/c23-18(24)20(25,22(29,30)31)37-19(35)34-11-14-9-32(10-15(14)12-34)8-13-2-1-3-16(21(26,27)28)17(13)33-4-6-36-7-5-33/h1-3,14-15,18H,4-12H2. The van der Waals surface area contributed by atoms with Crippen LogP contribution in [0.2, 0.25) is 0 Å². The Labute approximate surface area is 205 Å². The van der Waals surface area contributed by atoms with Gasteiger partial charge in [0.25, 0.3) is 0 Å². The molecule has 4 rings (SSSR count). The predicted molar refractivity (Wildman–Crippen MR) is 111 cm³/mol. The van der Waals surface area contributed by atoms with E-state index in [1.54, 1.807) is 11.0 Å². The van der Waals surface area contributed by atoms with Crippen molar-refractivity contribution in [3.63, 3.8) is 0 Å². The fourth-order valence-electron chi connectivity index (χ4n) is 5.14. The lowest BCUT2D eigenvalue weighted by Crippen LogP contribution is -2.53. The van der Waals surface area contributed by atoms with Gasteiger partial charge < -0.3 is 19.3 Å². The minimum Gasteiger partial charge on any atom is -0.398 e. The summed E-state index contributed by atoms with van der Waals surface area (Å²) < 4.78 is 128. The third kappa shape index (κ3) is 5.56. The Hall–Kier alpha value is -2.42. The Bertz CT molecular complexity index is 970. The average molecular weight is 549 g/mol. The van der Waals surface area contributed by atoms with Gasteiger partial charge >= 0.3 is 30.7 Å². The van der Waals surface area contributed by atoms with Crippen molar-refractivity contribution < 1.29 is 53.8 Å². The van der Waals surface area contributed by atoms with Crippen LogP contribution in [0.5, 0.6) is 0 Å². The van der Waals surface area contributed by atoms with Crippen molar-refractivity contribution in [2.45, 2.75) is 31.2 Å². The van der Waals surface area contributed by atoms with Gasteiger partial charge in [0, 0.05) is 45.8 Å². The van der Waals surface area contributed by atoms with Gasteiger partial charge in [-0.25, -0.2) is 13.6 Å². The summed E-state index contributed by atoms with van der Waals surface area (Å²) in [5.74, 6) is -6.01. The van der Waals surface area contributed by atoms with Crippen LogP contribution in [0.15, 0.2) is 18.2 Å². The summed E-state index contributed by atoms with van der Waals surface area (Å²) in [6.45, 7) is 1.57. The maximum atomic E-state index is 13.8. The molecule has 3 unspecified atom stereocenters. The smallest absolute Gasteiger partial charge is 0.398 e. The highest BCUT2D eigenvalue weighted by Crippen LogP contribution is 2.42. The predicted octanol–water partition coefficient (Wildman–Crippen LogP) is 4.54. The molecule has 0 bridgehead atoms. The van der Waals surface area contributed by atoms with Crippen molar-refractivity contribution in [1.82, 2.24) is 9.80 Å². The van der Waals surface area contributed by atoms with Gasteiger partial charge in [-0.15, -0.1) is 0 Å². The normalized spacial score (nSPS) is 24.9. The lowest BCUT2D eigenvalue weighted by atomic mass is 10.0. The molecule has 0 saturated carbocycles. The number of anilines is 1. The zero-order valence-corrected chi connectivity index (χ0v) is 19.3. The molecule has 3 atom stereocenters. The zero-order chi connectivity index (χ0) is 27.2. The van der Waals surface area contributed by atoms with E-state index >= 15 is 0 Å². The maximum Gasteiger partial charge on any atom is 0.466 e. The first-order valence-corrected chi connectivity index (χ1v) is 11.5. The number of carbonyl (C=O) groups excluding carboxylic acids is 1. The number of amides is 1. The van der Waals surface area contributed by atoms with Crippen molar-refractivity contribution >= 4 is 11.8 Å². The van der Waals surface area contributed by atoms with Crippen LogP contribution in [0.1, 0.15) is 11.1 Å². The van der Waals surface area contributed by atoms with E-state index in [-0.39, 0.29) is 63.5 Å². The Morgan fingerprint density at radius 2 is 1.57 bits per heavy atom. The summed E-state index contributed by atoms with van der Waals surface area (Å²) in [4.78, 5) is 16.3. The first kappa shape index (κ1) is 27.6. The van der Waals surface area contributed by atoms with Gasteiger partial charge in [-0.2, -0.15) is 30.7 Å². The lowest BCUT2D eigenvalue weighted by molar-refractivity contribution is -0.351. The van der Waals surface area contributed by atoms with Crippen molar-refractivity contribution in [2.24, 2.45) is 11.8 Å². The number of morpholine rings is 1. The summed E-state index contributed by atoms with van der Waals surface area (Å²) in [6.07, 6.45) is -17.2. The third-order valence-corrected chi connectivity index (χ3v) is 6.87. The molecular weight excluding hydrogens is 525 g/mol. The van der Waals surface area contributed by atoms with E-state index in [1.807, 2.05) is 4.90 Å². The molecule has 0 spiro atoms. The molecular formula is C22H24F9N3O3. The second-order valence-electron chi connectivity index (χ2n) is 9.34. The van der Waals surface area contributed by atoms with Crippen LogP contribution in [0.4, 0.5) is 50.0 Å². The molecule has 0 aromatic heterocycles. The average Bonchev–Trinajstić information content (AvgIpc) is 3.37. The molecule has 0 aliphatic carbocycles. The molecule has 3 aliphatic heterocycles. The van der Waals surface area contributed by atoms with Gasteiger partial charge in [-0.3, -0.25) is 4.90 Å². The van der Waals surface area contributed by atoms with E-state index in [9.17, 15) is 44.3 Å². The largest absolute Gasteiger partial charge is 0.466 e. The quantitative estimate of drug-likeness (QED) is 0.505. The van der Waals surface area contributed by atoms with Crippen LogP contribution in [0.25, 0.3) is 0 Å². The van der Waals surface area contributed by atoms with Crippen molar-refractivity contribution in [1.29, 1.82) is 0 Å². The first-order valence-electron chi connectivity index (χ1n) is 11.5. The topological polar surface area (TPSA) is 45.2 Å². The molecule has 3 fully saturated rings. The minimum absolute atomic E-state index is 0.0685. The maximum absolute atomic E-state index is 13.8. The van der Waals surface area contributed by atoms with Gasteiger partial charge in [0.1, 0.15) is 0 Å². The number of hydrogen-bond acceptors (Lipinski definition) is 5. The molecule has 3 saturated heterocycles. The van der Waals surface area contributed by atoms with E-state index in [4.69, 9.17) is 4.74 Å². The SMILES string of the molecule is O=C(OC(F)(C(F)F)C(F)(F)F)N1CC2CN(Cc3cccc(C(F)(F)F)c3N3CCOCC3)CC2C1. The minimum atomic E-state index is -6.12. The number of rotatable bonds is 5. The lowest BCUT2D eigenvalue weighted by Gasteiger charge is -2.34. The second kappa shape index (κ2) is 10.0. The first-order chi connectivity index (χ1) is 17.2. The summed E-state index contributed by atoms with van der Waals surface area (Å²) in [7, 11) is 0. The Kier molecular flexibility index (Phi) is 7.49. The summed E-state index contributed by atoms with van der Waals surface area (Å²) in [5.41, 5.74) is -0.255. The molecule has 1 aromatic carbocycles. The molecule has 3 aliphatic rings. The number of halogens is 9. The van der Waals surface area contributed by atoms with Crippen LogP contribution in [0.3, 0.4) is 0 Å². The summed E-state index contributed by atoms with van der Waals surface area (Å²) in [5, 5.41) is 0. The highest BCUT2D eigenvalue weighted by molar-refractivity contribution is 5.68. The molecule has 208 valence electrons. The Balaban J connectivity index is 1.43. The van der Waals surface area contributed by atoms with E-state index in [2.05, 4.69) is 4.74 Å². The van der Waals surface area contributed by atoms with Crippen LogP contribution in [-0.4, -0.2) is 86.8 Å². The Morgan fingerprint density at radius 3 is 2.08 bits per heavy atom. The van der Waals surface area contributed by atoms with Crippen LogP contribution >= 0.6 is 0 Å². The molecule has 37 heavy (non-hydrogen) atoms. The van der Waals surface area contributed by atoms with Gasteiger partial charge in [0.2, 0.25) is 0 Å². The van der Waals surface area contributed by atoms with E-state index < -0.39 is 36.3 Å².